The van der Waals surface area contributed by atoms with E-state index in [9.17, 15) is 9.59 Å². The highest BCUT2D eigenvalue weighted by molar-refractivity contribution is 6.03. The Labute approximate surface area is 147 Å². The number of hydrogen-bond donors (Lipinski definition) is 3. The molecule has 0 bridgehead atoms. The smallest absolute Gasteiger partial charge is 0.237 e. The maximum Gasteiger partial charge on any atom is 0.237 e. The molecule has 0 spiro atoms. The number of carbonyl (C=O) groups is 2. The van der Waals surface area contributed by atoms with Crippen LogP contribution >= 0.6 is 0 Å². The molecule has 2 amide bonds. The topological polar surface area (TPSA) is 70.2 Å². The molecular formula is C20H23N3O2. The zero-order valence-corrected chi connectivity index (χ0v) is 14.1. The second-order valence-corrected chi connectivity index (χ2v) is 7.00. The summed E-state index contributed by atoms with van der Waals surface area (Å²) in [6.45, 7) is 0. The molecule has 1 saturated carbocycles. The Bertz CT molecular complexity index is 799. The van der Waals surface area contributed by atoms with Crippen LogP contribution in [0.25, 0.3) is 10.8 Å². The molecule has 2 aromatic carbocycles. The van der Waals surface area contributed by atoms with Crippen LogP contribution in [0.4, 0.5) is 5.69 Å². The average molecular weight is 337 g/mol. The molecule has 2 aromatic rings. The lowest BCUT2D eigenvalue weighted by Crippen LogP contribution is -2.65. The predicted molar refractivity (Wildman–Crippen MR) is 98.3 cm³/mol. The van der Waals surface area contributed by atoms with Crippen LogP contribution in [-0.4, -0.2) is 29.9 Å². The van der Waals surface area contributed by atoms with Crippen molar-refractivity contribution in [1.29, 1.82) is 0 Å². The Hall–Kier alpha value is -2.40. The summed E-state index contributed by atoms with van der Waals surface area (Å²) in [6, 6.07) is 13.8. The van der Waals surface area contributed by atoms with Crippen LogP contribution in [0.15, 0.2) is 42.5 Å². The summed E-state index contributed by atoms with van der Waals surface area (Å²) in [7, 11) is 0. The first-order valence-electron chi connectivity index (χ1n) is 9.05. The molecule has 5 heteroatoms. The van der Waals surface area contributed by atoms with E-state index in [4.69, 9.17) is 0 Å². The third kappa shape index (κ3) is 3.37. The predicted octanol–water partition coefficient (Wildman–Crippen LogP) is 2.57. The third-order valence-corrected chi connectivity index (χ3v) is 5.28. The van der Waals surface area contributed by atoms with Crippen LogP contribution in [0, 0.1) is 0 Å². The summed E-state index contributed by atoms with van der Waals surface area (Å²) in [6.07, 6.45) is 4.58. The van der Waals surface area contributed by atoms with E-state index in [0.717, 1.165) is 35.7 Å². The van der Waals surface area contributed by atoms with Gasteiger partial charge >= 0.3 is 0 Å². The van der Waals surface area contributed by atoms with Crippen LogP contribution in [0.5, 0.6) is 0 Å². The molecule has 3 N–H and O–H groups in total. The van der Waals surface area contributed by atoms with E-state index >= 15 is 0 Å². The molecule has 130 valence electrons. The van der Waals surface area contributed by atoms with Gasteiger partial charge in [-0.05, 0) is 24.3 Å². The maximum atomic E-state index is 12.5. The lowest BCUT2D eigenvalue weighted by atomic mass is 9.87. The molecule has 1 saturated heterocycles. The van der Waals surface area contributed by atoms with E-state index in [1.807, 2.05) is 42.5 Å². The average Bonchev–Trinajstić information content (AvgIpc) is 2.63. The minimum Gasteiger partial charge on any atom is -0.350 e. The lowest BCUT2D eigenvalue weighted by Gasteiger charge is -2.40. The molecule has 1 aliphatic heterocycles. The van der Waals surface area contributed by atoms with Gasteiger partial charge in [-0.3, -0.25) is 9.59 Å². The molecule has 1 heterocycles. The van der Waals surface area contributed by atoms with Gasteiger partial charge in [0.1, 0.15) is 0 Å². The summed E-state index contributed by atoms with van der Waals surface area (Å²) >= 11 is 0. The number of amides is 2. The Morgan fingerprint density at radius 3 is 2.68 bits per heavy atom. The van der Waals surface area contributed by atoms with Gasteiger partial charge in [0.05, 0.1) is 12.5 Å². The monoisotopic (exact) mass is 337 g/mol. The van der Waals surface area contributed by atoms with Crippen LogP contribution in [0.1, 0.15) is 32.1 Å². The van der Waals surface area contributed by atoms with Crippen molar-refractivity contribution in [2.75, 3.05) is 5.32 Å². The molecule has 0 aromatic heterocycles. The second-order valence-electron chi connectivity index (χ2n) is 7.00. The number of carbonyl (C=O) groups excluding carboxylic acids is 2. The zero-order chi connectivity index (χ0) is 17.2. The Balaban J connectivity index is 1.44. The zero-order valence-electron chi connectivity index (χ0n) is 14.1. The first-order chi connectivity index (χ1) is 12.2. The van der Waals surface area contributed by atoms with Crippen molar-refractivity contribution in [2.45, 2.75) is 50.2 Å². The molecule has 0 radical (unpaired) electrons. The number of piperazine rings is 1. The molecule has 3 atom stereocenters. The highest BCUT2D eigenvalue weighted by atomic mass is 16.2. The third-order valence-electron chi connectivity index (χ3n) is 5.28. The van der Waals surface area contributed by atoms with E-state index in [-0.39, 0.29) is 24.3 Å². The maximum absolute atomic E-state index is 12.5. The number of nitrogens with one attached hydrogen (secondary N) is 3. The summed E-state index contributed by atoms with van der Waals surface area (Å²) < 4.78 is 0. The molecule has 5 nitrogen and oxygen atoms in total. The SMILES string of the molecule is O=C(C[C@@H]1N[C@H]2CCCC[C@@H]2NC1=O)Nc1cccc2ccccc12. The Morgan fingerprint density at radius 2 is 1.80 bits per heavy atom. The number of hydrogen-bond acceptors (Lipinski definition) is 3. The van der Waals surface area contributed by atoms with Crippen molar-refractivity contribution in [2.24, 2.45) is 0 Å². The first-order valence-corrected chi connectivity index (χ1v) is 9.05. The standard InChI is InChI=1S/C20H23N3O2/c24-19(22-15-11-5-7-13-6-1-2-8-14(13)15)12-18-20(25)23-17-10-4-3-9-16(17)21-18/h1-2,5-8,11,16-18,21H,3-4,9-10,12H2,(H,22,24)(H,23,25)/t16-,17-,18-/m0/s1. The van der Waals surface area contributed by atoms with Crippen LogP contribution in [0.2, 0.25) is 0 Å². The van der Waals surface area contributed by atoms with Crippen molar-refractivity contribution in [1.82, 2.24) is 10.6 Å². The van der Waals surface area contributed by atoms with Gasteiger partial charge in [-0.1, -0.05) is 49.2 Å². The van der Waals surface area contributed by atoms with Crippen molar-refractivity contribution in [3.05, 3.63) is 42.5 Å². The van der Waals surface area contributed by atoms with Crippen molar-refractivity contribution >= 4 is 28.3 Å². The highest BCUT2D eigenvalue weighted by Gasteiger charge is 2.36. The summed E-state index contributed by atoms with van der Waals surface area (Å²) in [4.78, 5) is 24.8. The minimum absolute atomic E-state index is 0.0591. The van der Waals surface area contributed by atoms with Gasteiger partial charge < -0.3 is 16.0 Å². The Kier molecular flexibility index (Phi) is 4.40. The van der Waals surface area contributed by atoms with Gasteiger partial charge in [0, 0.05) is 23.2 Å². The molecular weight excluding hydrogens is 314 g/mol. The fourth-order valence-electron chi connectivity index (χ4n) is 3.99. The van der Waals surface area contributed by atoms with E-state index in [1.54, 1.807) is 0 Å². The highest BCUT2D eigenvalue weighted by Crippen LogP contribution is 2.24. The largest absolute Gasteiger partial charge is 0.350 e. The van der Waals surface area contributed by atoms with Gasteiger partial charge in [0.25, 0.3) is 0 Å². The van der Waals surface area contributed by atoms with E-state index in [1.165, 1.54) is 6.42 Å². The molecule has 1 aliphatic carbocycles. The fraction of sp³-hybridized carbons (Fsp3) is 0.400. The van der Waals surface area contributed by atoms with Crippen molar-refractivity contribution in [3.63, 3.8) is 0 Å². The summed E-state index contributed by atoms with van der Waals surface area (Å²) in [5, 5.41) is 11.5. The van der Waals surface area contributed by atoms with Crippen LogP contribution in [-0.2, 0) is 9.59 Å². The normalized spacial score (nSPS) is 25.9. The molecule has 25 heavy (non-hydrogen) atoms. The van der Waals surface area contributed by atoms with E-state index in [0.29, 0.717) is 6.04 Å². The molecule has 4 rings (SSSR count). The number of benzene rings is 2. The summed E-state index contributed by atoms with van der Waals surface area (Å²) in [5.74, 6) is -0.200. The summed E-state index contributed by atoms with van der Waals surface area (Å²) in [5.41, 5.74) is 0.787. The van der Waals surface area contributed by atoms with Gasteiger partial charge in [-0.2, -0.15) is 0 Å². The Morgan fingerprint density at radius 1 is 1.04 bits per heavy atom. The number of rotatable bonds is 3. The van der Waals surface area contributed by atoms with Crippen LogP contribution < -0.4 is 16.0 Å². The van der Waals surface area contributed by atoms with Crippen molar-refractivity contribution < 1.29 is 9.59 Å². The number of anilines is 1. The van der Waals surface area contributed by atoms with Gasteiger partial charge in [-0.25, -0.2) is 0 Å². The molecule has 2 aliphatic rings. The quantitative estimate of drug-likeness (QED) is 0.806. The van der Waals surface area contributed by atoms with Gasteiger partial charge in [0.2, 0.25) is 11.8 Å². The van der Waals surface area contributed by atoms with E-state index in [2.05, 4.69) is 16.0 Å². The molecule has 0 unspecified atom stereocenters. The second kappa shape index (κ2) is 6.84. The number of fused-ring (bicyclic) bond motifs is 2. The fourth-order valence-corrected chi connectivity index (χ4v) is 3.99. The molecule has 2 fully saturated rings. The van der Waals surface area contributed by atoms with Gasteiger partial charge in [0.15, 0.2) is 0 Å². The van der Waals surface area contributed by atoms with Gasteiger partial charge in [-0.15, -0.1) is 0 Å². The van der Waals surface area contributed by atoms with E-state index < -0.39 is 6.04 Å². The first kappa shape index (κ1) is 16.1. The minimum atomic E-state index is -0.450. The van der Waals surface area contributed by atoms with Crippen molar-refractivity contribution in [3.8, 4) is 0 Å². The lowest BCUT2D eigenvalue weighted by molar-refractivity contribution is -0.129. The van der Waals surface area contributed by atoms with Crippen LogP contribution in [0.3, 0.4) is 0 Å².